The third kappa shape index (κ3) is 4.38. The molecule has 0 bridgehead atoms. The Bertz CT molecular complexity index is 486. The summed E-state index contributed by atoms with van der Waals surface area (Å²) in [5, 5.41) is 6.39. The minimum Gasteiger partial charge on any atom is -0.377 e. The van der Waals surface area contributed by atoms with Gasteiger partial charge in [0.15, 0.2) is 0 Å². The van der Waals surface area contributed by atoms with Crippen LogP contribution in [0, 0.1) is 0 Å². The van der Waals surface area contributed by atoms with Crippen molar-refractivity contribution in [3.63, 3.8) is 0 Å². The molecule has 5 heteroatoms. The minimum atomic E-state index is 0.235. The van der Waals surface area contributed by atoms with Gasteiger partial charge in [-0.05, 0) is 26.0 Å². The Morgan fingerprint density at radius 2 is 2.32 bits per heavy atom. The van der Waals surface area contributed by atoms with Crippen molar-refractivity contribution in [2.45, 2.75) is 26.5 Å². The summed E-state index contributed by atoms with van der Waals surface area (Å²) in [4.78, 5) is 8.88. The molecule has 2 aromatic heterocycles. The summed E-state index contributed by atoms with van der Waals surface area (Å²) in [6.45, 7) is 6.43. The molecule has 2 aromatic rings. The Morgan fingerprint density at radius 1 is 1.42 bits per heavy atom. The zero-order chi connectivity index (χ0) is 13.5. The Hall–Kier alpha value is -1.30. The van der Waals surface area contributed by atoms with E-state index in [2.05, 4.69) is 27.6 Å². The quantitative estimate of drug-likeness (QED) is 0.845. The topological polar surface area (TPSA) is 47.0 Å². The summed E-state index contributed by atoms with van der Waals surface area (Å²) in [6, 6.07) is 5.87. The Kier molecular flexibility index (Phi) is 5.44. The first-order chi connectivity index (χ1) is 9.29. The van der Waals surface area contributed by atoms with Crippen molar-refractivity contribution in [1.29, 1.82) is 0 Å². The average Bonchev–Trinajstić information content (AvgIpc) is 2.89. The maximum Gasteiger partial charge on any atom is 0.142 e. The fraction of sp³-hybridized carbons (Fsp3) is 0.429. The van der Waals surface area contributed by atoms with Crippen LogP contribution in [-0.4, -0.2) is 29.2 Å². The standard InChI is InChI=1S/C14H19N3OS/c1-3-18-11(2)8-15-9-12-10-19-14(17-12)13-6-4-5-7-16-13/h4-7,10-11,15H,3,8-9H2,1-2H3. The normalized spacial score (nSPS) is 12.5. The first-order valence-electron chi connectivity index (χ1n) is 6.47. The second kappa shape index (κ2) is 7.33. The molecule has 0 amide bonds. The predicted molar refractivity (Wildman–Crippen MR) is 78.1 cm³/mol. The van der Waals surface area contributed by atoms with Gasteiger partial charge in [-0.1, -0.05) is 6.07 Å². The lowest BCUT2D eigenvalue weighted by molar-refractivity contribution is 0.0759. The monoisotopic (exact) mass is 277 g/mol. The number of nitrogens with one attached hydrogen (secondary N) is 1. The van der Waals surface area contributed by atoms with Crippen LogP contribution in [0.2, 0.25) is 0 Å². The van der Waals surface area contributed by atoms with E-state index < -0.39 is 0 Å². The molecule has 1 N–H and O–H groups in total. The zero-order valence-electron chi connectivity index (χ0n) is 11.3. The van der Waals surface area contributed by atoms with Crippen molar-refractivity contribution in [3.05, 3.63) is 35.5 Å². The molecule has 0 aliphatic rings. The van der Waals surface area contributed by atoms with Crippen molar-refractivity contribution in [2.75, 3.05) is 13.2 Å². The molecule has 2 rings (SSSR count). The van der Waals surface area contributed by atoms with Gasteiger partial charge in [0.05, 0.1) is 17.5 Å². The molecule has 0 aliphatic heterocycles. The van der Waals surface area contributed by atoms with Gasteiger partial charge in [-0.3, -0.25) is 4.98 Å². The largest absolute Gasteiger partial charge is 0.377 e. The number of aromatic nitrogens is 2. The van der Waals surface area contributed by atoms with Crippen LogP contribution in [0.5, 0.6) is 0 Å². The first kappa shape index (κ1) is 14.1. The molecule has 1 unspecified atom stereocenters. The highest BCUT2D eigenvalue weighted by molar-refractivity contribution is 7.13. The Balaban J connectivity index is 1.85. The maximum absolute atomic E-state index is 5.46. The molecule has 0 spiro atoms. The number of thiazole rings is 1. The van der Waals surface area contributed by atoms with Gasteiger partial charge in [-0.25, -0.2) is 4.98 Å². The lowest BCUT2D eigenvalue weighted by atomic mass is 10.3. The van der Waals surface area contributed by atoms with Gasteiger partial charge in [0.1, 0.15) is 5.01 Å². The van der Waals surface area contributed by atoms with E-state index in [0.29, 0.717) is 0 Å². The highest BCUT2D eigenvalue weighted by atomic mass is 32.1. The number of hydrogen-bond acceptors (Lipinski definition) is 5. The van der Waals surface area contributed by atoms with Gasteiger partial charge in [-0.2, -0.15) is 0 Å². The SMILES string of the molecule is CCOC(C)CNCc1csc(-c2ccccn2)n1. The number of nitrogens with zero attached hydrogens (tertiary/aromatic N) is 2. The van der Waals surface area contributed by atoms with Gasteiger partial charge in [-0.15, -0.1) is 11.3 Å². The maximum atomic E-state index is 5.46. The summed E-state index contributed by atoms with van der Waals surface area (Å²) in [5.41, 5.74) is 1.98. The van der Waals surface area contributed by atoms with E-state index in [9.17, 15) is 0 Å². The molecular weight excluding hydrogens is 258 g/mol. The van der Waals surface area contributed by atoms with Crippen molar-refractivity contribution >= 4 is 11.3 Å². The third-order valence-corrected chi connectivity index (χ3v) is 3.54. The van der Waals surface area contributed by atoms with Crippen molar-refractivity contribution in [3.8, 4) is 10.7 Å². The summed E-state index contributed by atoms with van der Waals surface area (Å²) in [7, 11) is 0. The van der Waals surface area contributed by atoms with Crippen LogP contribution >= 0.6 is 11.3 Å². The summed E-state index contributed by atoms with van der Waals surface area (Å²) in [5.74, 6) is 0. The molecule has 0 radical (unpaired) electrons. The minimum absolute atomic E-state index is 0.235. The van der Waals surface area contributed by atoms with Crippen molar-refractivity contribution < 1.29 is 4.74 Å². The molecule has 19 heavy (non-hydrogen) atoms. The van der Waals surface area contributed by atoms with Crippen LogP contribution in [0.25, 0.3) is 10.7 Å². The van der Waals surface area contributed by atoms with Gasteiger partial charge in [0.2, 0.25) is 0 Å². The van der Waals surface area contributed by atoms with Crippen LogP contribution in [-0.2, 0) is 11.3 Å². The molecule has 4 nitrogen and oxygen atoms in total. The van der Waals surface area contributed by atoms with Crippen LogP contribution in [0.15, 0.2) is 29.8 Å². The van der Waals surface area contributed by atoms with Gasteiger partial charge >= 0.3 is 0 Å². The highest BCUT2D eigenvalue weighted by Gasteiger charge is 2.06. The smallest absolute Gasteiger partial charge is 0.142 e. The van der Waals surface area contributed by atoms with E-state index in [0.717, 1.165) is 36.1 Å². The summed E-state index contributed by atoms with van der Waals surface area (Å²) in [6.07, 6.45) is 2.03. The van der Waals surface area contributed by atoms with Crippen molar-refractivity contribution in [1.82, 2.24) is 15.3 Å². The van der Waals surface area contributed by atoms with Crippen LogP contribution in [0.4, 0.5) is 0 Å². The van der Waals surface area contributed by atoms with Gasteiger partial charge in [0, 0.05) is 31.3 Å². The second-order valence-corrected chi connectivity index (χ2v) is 5.11. The van der Waals surface area contributed by atoms with E-state index in [1.54, 1.807) is 17.5 Å². The lowest BCUT2D eigenvalue weighted by Gasteiger charge is -2.11. The predicted octanol–water partition coefficient (Wildman–Crippen LogP) is 2.72. The number of hydrogen-bond donors (Lipinski definition) is 1. The lowest BCUT2D eigenvalue weighted by Crippen LogP contribution is -2.26. The number of rotatable bonds is 7. The third-order valence-electron chi connectivity index (χ3n) is 2.62. The molecule has 1 atom stereocenters. The fourth-order valence-corrected chi connectivity index (χ4v) is 2.54. The van der Waals surface area contributed by atoms with E-state index in [1.807, 2.05) is 25.1 Å². The molecule has 0 aliphatic carbocycles. The first-order valence-corrected chi connectivity index (χ1v) is 7.35. The molecule has 0 aromatic carbocycles. The molecular formula is C14H19N3OS. The van der Waals surface area contributed by atoms with Crippen LogP contribution in [0.1, 0.15) is 19.5 Å². The van der Waals surface area contributed by atoms with Gasteiger partial charge < -0.3 is 10.1 Å². The molecule has 0 saturated carbocycles. The summed E-state index contributed by atoms with van der Waals surface area (Å²) < 4.78 is 5.46. The molecule has 0 fully saturated rings. The second-order valence-electron chi connectivity index (χ2n) is 4.26. The summed E-state index contributed by atoms with van der Waals surface area (Å²) >= 11 is 1.63. The van der Waals surface area contributed by atoms with Crippen LogP contribution < -0.4 is 5.32 Å². The molecule has 0 saturated heterocycles. The zero-order valence-corrected chi connectivity index (χ0v) is 12.1. The molecule has 2 heterocycles. The van der Waals surface area contributed by atoms with Crippen LogP contribution in [0.3, 0.4) is 0 Å². The van der Waals surface area contributed by atoms with Gasteiger partial charge in [0.25, 0.3) is 0 Å². The Labute approximate surface area is 117 Å². The molecule has 102 valence electrons. The Morgan fingerprint density at radius 3 is 3.05 bits per heavy atom. The van der Waals surface area contributed by atoms with E-state index in [4.69, 9.17) is 4.74 Å². The number of ether oxygens (including phenoxy) is 1. The van der Waals surface area contributed by atoms with E-state index in [1.165, 1.54) is 0 Å². The van der Waals surface area contributed by atoms with E-state index >= 15 is 0 Å². The number of pyridine rings is 1. The van der Waals surface area contributed by atoms with Crippen molar-refractivity contribution in [2.24, 2.45) is 0 Å². The average molecular weight is 277 g/mol. The highest BCUT2D eigenvalue weighted by Crippen LogP contribution is 2.21. The van der Waals surface area contributed by atoms with E-state index in [-0.39, 0.29) is 6.10 Å². The fourth-order valence-electron chi connectivity index (χ4n) is 1.74.